The van der Waals surface area contributed by atoms with Crippen LogP contribution < -0.4 is 5.32 Å². The summed E-state index contributed by atoms with van der Waals surface area (Å²) in [5.41, 5.74) is 1.59. The van der Waals surface area contributed by atoms with Gasteiger partial charge in [-0.25, -0.2) is 9.18 Å². The van der Waals surface area contributed by atoms with Crippen LogP contribution >= 0.6 is 0 Å². The molecule has 0 fully saturated rings. The number of benzene rings is 1. The first kappa shape index (κ1) is 11.2. The van der Waals surface area contributed by atoms with Crippen LogP contribution in [0.15, 0.2) is 30.4 Å². The van der Waals surface area contributed by atoms with E-state index in [0.717, 1.165) is 17.3 Å². The van der Waals surface area contributed by atoms with Crippen molar-refractivity contribution in [3.05, 3.63) is 41.7 Å². The molecule has 1 aromatic rings. The Morgan fingerprint density at radius 2 is 2.33 bits per heavy atom. The number of hydrogen-bond donors (Lipinski definition) is 2. The minimum atomic E-state index is -0.979. The first-order chi connectivity index (χ1) is 7.09. The number of hydrogen-bond acceptors (Lipinski definition) is 2. The van der Waals surface area contributed by atoms with Gasteiger partial charge in [0.1, 0.15) is 5.82 Å². The molecule has 0 saturated carbocycles. The molecule has 2 N–H and O–H groups in total. The lowest BCUT2D eigenvalue weighted by Gasteiger charge is -2.06. The normalized spacial score (nSPS) is 10.5. The molecule has 0 saturated heterocycles. The molecule has 0 amide bonds. The van der Waals surface area contributed by atoms with Crippen LogP contribution in [0.3, 0.4) is 0 Å². The fourth-order valence-corrected chi connectivity index (χ4v) is 1.15. The first-order valence-electron chi connectivity index (χ1n) is 4.49. The molecule has 80 valence electrons. The van der Waals surface area contributed by atoms with Gasteiger partial charge in [0.2, 0.25) is 0 Å². The largest absolute Gasteiger partial charge is 0.478 e. The second-order valence-electron chi connectivity index (χ2n) is 3.08. The Kier molecular flexibility index (Phi) is 3.85. The van der Waals surface area contributed by atoms with Gasteiger partial charge in [-0.2, -0.15) is 0 Å². The summed E-state index contributed by atoms with van der Waals surface area (Å²) in [4.78, 5) is 10.2. The number of rotatable bonds is 4. The number of halogens is 1. The van der Waals surface area contributed by atoms with Gasteiger partial charge in [-0.3, -0.25) is 0 Å². The summed E-state index contributed by atoms with van der Waals surface area (Å²) >= 11 is 0. The number of nitrogens with one attached hydrogen (secondary N) is 1. The summed E-state index contributed by atoms with van der Waals surface area (Å²) in [7, 11) is 0. The second kappa shape index (κ2) is 5.14. The Bertz CT molecular complexity index is 388. The van der Waals surface area contributed by atoms with E-state index < -0.39 is 5.97 Å². The Labute approximate surface area is 87.2 Å². The number of aliphatic carboxylic acids is 1. The Morgan fingerprint density at radius 3 is 2.93 bits per heavy atom. The number of aryl methyl sites for hydroxylation is 1. The molecule has 0 atom stereocenters. The molecule has 0 bridgehead atoms. The van der Waals surface area contributed by atoms with E-state index in [1.54, 1.807) is 13.0 Å². The van der Waals surface area contributed by atoms with E-state index in [4.69, 9.17) is 5.11 Å². The smallest absolute Gasteiger partial charge is 0.328 e. The quantitative estimate of drug-likeness (QED) is 0.747. The number of carboxylic acids is 1. The van der Waals surface area contributed by atoms with E-state index in [0.29, 0.717) is 6.54 Å². The van der Waals surface area contributed by atoms with Crippen LogP contribution in [-0.2, 0) is 4.79 Å². The van der Waals surface area contributed by atoms with Gasteiger partial charge in [0.15, 0.2) is 0 Å². The third-order valence-corrected chi connectivity index (χ3v) is 1.86. The highest BCUT2D eigenvalue weighted by Gasteiger charge is 1.97. The Hall–Kier alpha value is -1.84. The maximum Gasteiger partial charge on any atom is 0.328 e. The van der Waals surface area contributed by atoms with Crippen LogP contribution in [0.25, 0.3) is 0 Å². The minimum absolute atomic E-state index is 0.279. The van der Waals surface area contributed by atoms with E-state index in [9.17, 15) is 9.18 Å². The maximum atomic E-state index is 12.7. The van der Waals surface area contributed by atoms with Gasteiger partial charge in [0, 0.05) is 18.3 Å². The lowest BCUT2D eigenvalue weighted by Crippen LogP contribution is -2.01. The van der Waals surface area contributed by atoms with Crippen LogP contribution in [0.2, 0.25) is 0 Å². The highest BCUT2D eigenvalue weighted by Crippen LogP contribution is 2.14. The maximum absolute atomic E-state index is 12.7. The van der Waals surface area contributed by atoms with Crippen LogP contribution in [0.4, 0.5) is 10.1 Å². The van der Waals surface area contributed by atoms with E-state index in [-0.39, 0.29) is 5.82 Å². The van der Waals surface area contributed by atoms with E-state index in [1.807, 2.05) is 0 Å². The first-order valence-corrected chi connectivity index (χ1v) is 4.49. The van der Waals surface area contributed by atoms with Crippen LogP contribution in [-0.4, -0.2) is 17.6 Å². The van der Waals surface area contributed by atoms with Gasteiger partial charge in [0.05, 0.1) is 0 Å². The van der Waals surface area contributed by atoms with Crippen molar-refractivity contribution in [2.45, 2.75) is 6.92 Å². The molecule has 0 radical (unpaired) electrons. The van der Waals surface area contributed by atoms with Crippen molar-refractivity contribution < 1.29 is 14.3 Å². The zero-order valence-corrected chi connectivity index (χ0v) is 8.33. The summed E-state index contributed by atoms with van der Waals surface area (Å²) in [5.74, 6) is -1.26. The molecule has 4 heteroatoms. The molecule has 15 heavy (non-hydrogen) atoms. The van der Waals surface area contributed by atoms with Crippen molar-refractivity contribution >= 4 is 11.7 Å². The van der Waals surface area contributed by atoms with Crippen LogP contribution in [0.5, 0.6) is 0 Å². The highest BCUT2D eigenvalue weighted by molar-refractivity contribution is 5.79. The molecule has 0 aliphatic carbocycles. The molecule has 0 aromatic heterocycles. The van der Waals surface area contributed by atoms with Gasteiger partial charge < -0.3 is 10.4 Å². The zero-order valence-electron chi connectivity index (χ0n) is 8.33. The van der Waals surface area contributed by atoms with Gasteiger partial charge in [-0.1, -0.05) is 6.08 Å². The molecule has 1 rings (SSSR count). The lowest BCUT2D eigenvalue weighted by atomic mass is 10.2. The SMILES string of the molecule is Cc1cc(F)ccc1NC/C=C/C(=O)O. The number of carboxylic acid groups (broad SMARTS) is 1. The Balaban J connectivity index is 2.54. The molecule has 1 aromatic carbocycles. The minimum Gasteiger partial charge on any atom is -0.478 e. The van der Waals surface area contributed by atoms with Crippen molar-refractivity contribution in [1.82, 2.24) is 0 Å². The van der Waals surface area contributed by atoms with E-state index in [1.165, 1.54) is 18.2 Å². The molecule has 0 heterocycles. The summed E-state index contributed by atoms with van der Waals surface area (Å²) in [6.45, 7) is 2.19. The third kappa shape index (κ3) is 3.81. The van der Waals surface area contributed by atoms with Crippen molar-refractivity contribution in [3.8, 4) is 0 Å². The van der Waals surface area contributed by atoms with Crippen molar-refractivity contribution in [2.75, 3.05) is 11.9 Å². The monoisotopic (exact) mass is 209 g/mol. The molecular weight excluding hydrogens is 197 g/mol. The molecular formula is C11H12FNO2. The van der Waals surface area contributed by atoms with Gasteiger partial charge >= 0.3 is 5.97 Å². The Morgan fingerprint density at radius 1 is 1.60 bits per heavy atom. The average molecular weight is 209 g/mol. The van der Waals surface area contributed by atoms with Crippen molar-refractivity contribution in [1.29, 1.82) is 0 Å². The van der Waals surface area contributed by atoms with Gasteiger partial charge in [-0.05, 0) is 30.7 Å². The third-order valence-electron chi connectivity index (χ3n) is 1.86. The molecule has 0 aliphatic rings. The molecule has 0 spiro atoms. The summed E-state index contributed by atoms with van der Waals surface area (Å²) in [6.07, 6.45) is 2.55. The summed E-state index contributed by atoms with van der Waals surface area (Å²) in [5, 5.41) is 11.3. The lowest BCUT2D eigenvalue weighted by molar-refractivity contribution is -0.131. The average Bonchev–Trinajstić information content (AvgIpc) is 2.14. The van der Waals surface area contributed by atoms with Gasteiger partial charge in [0.25, 0.3) is 0 Å². The highest BCUT2D eigenvalue weighted by atomic mass is 19.1. The predicted octanol–water partition coefficient (Wildman–Crippen LogP) is 2.19. The zero-order chi connectivity index (χ0) is 11.3. The fraction of sp³-hybridized carbons (Fsp3) is 0.182. The summed E-state index contributed by atoms with van der Waals surface area (Å²) < 4.78 is 12.7. The standard InChI is InChI=1S/C11H12FNO2/c1-8-7-9(12)4-5-10(8)13-6-2-3-11(14)15/h2-5,7,13H,6H2,1H3,(H,14,15)/b3-2+. The summed E-state index contributed by atoms with van der Waals surface area (Å²) in [6, 6.07) is 4.40. The van der Waals surface area contributed by atoms with E-state index >= 15 is 0 Å². The van der Waals surface area contributed by atoms with Gasteiger partial charge in [-0.15, -0.1) is 0 Å². The predicted molar refractivity (Wildman–Crippen MR) is 56.4 cm³/mol. The topological polar surface area (TPSA) is 49.3 Å². The fourth-order valence-electron chi connectivity index (χ4n) is 1.15. The van der Waals surface area contributed by atoms with E-state index in [2.05, 4.69) is 5.32 Å². The number of carbonyl (C=O) groups is 1. The molecule has 0 unspecified atom stereocenters. The second-order valence-corrected chi connectivity index (χ2v) is 3.08. The molecule has 0 aliphatic heterocycles. The van der Waals surface area contributed by atoms with Crippen molar-refractivity contribution in [3.63, 3.8) is 0 Å². The number of anilines is 1. The van der Waals surface area contributed by atoms with Crippen molar-refractivity contribution in [2.24, 2.45) is 0 Å². The van der Waals surface area contributed by atoms with Crippen LogP contribution in [0.1, 0.15) is 5.56 Å². The van der Waals surface area contributed by atoms with Crippen LogP contribution in [0, 0.1) is 12.7 Å². The molecule has 3 nitrogen and oxygen atoms in total.